The van der Waals surface area contributed by atoms with Crippen LogP contribution >= 0.6 is 11.6 Å². The van der Waals surface area contributed by atoms with Crippen molar-refractivity contribution in [2.45, 2.75) is 27.2 Å². The number of aryl methyl sites for hydroxylation is 1. The van der Waals surface area contributed by atoms with Crippen LogP contribution in [0.4, 0.5) is 17.3 Å². The van der Waals surface area contributed by atoms with E-state index in [0.717, 1.165) is 41.7 Å². The summed E-state index contributed by atoms with van der Waals surface area (Å²) in [7, 11) is 0. The molecule has 0 aliphatic heterocycles. The molecule has 106 valence electrons. The fraction of sp³-hybridized carbons (Fsp3) is 0.333. The van der Waals surface area contributed by atoms with Crippen LogP contribution in [-0.2, 0) is 6.42 Å². The van der Waals surface area contributed by atoms with Crippen LogP contribution in [0.5, 0.6) is 0 Å². The average Bonchev–Trinajstić information content (AvgIpc) is 2.43. The summed E-state index contributed by atoms with van der Waals surface area (Å²) in [6.07, 6.45) is 0.795. The second kappa shape index (κ2) is 6.57. The summed E-state index contributed by atoms with van der Waals surface area (Å²) < 4.78 is 0. The molecular weight excluding hydrogens is 272 g/mol. The van der Waals surface area contributed by atoms with Gasteiger partial charge in [0.05, 0.1) is 0 Å². The average molecular weight is 291 g/mol. The van der Waals surface area contributed by atoms with Gasteiger partial charge in [0, 0.05) is 29.2 Å². The first-order valence-electron chi connectivity index (χ1n) is 6.78. The van der Waals surface area contributed by atoms with Crippen LogP contribution in [-0.4, -0.2) is 16.5 Å². The largest absolute Gasteiger partial charge is 0.370 e. The van der Waals surface area contributed by atoms with Crippen molar-refractivity contribution in [3.05, 3.63) is 40.7 Å². The van der Waals surface area contributed by atoms with Gasteiger partial charge in [0.1, 0.15) is 17.5 Å². The summed E-state index contributed by atoms with van der Waals surface area (Å²) in [5, 5.41) is 7.28. The summed E-state index contributed by atoms with van der Waals surface area (Å²) in [4.78, 5) is 9.07. The molecule has 1 aromatic heterocycles. The van der Waals surface area contributed by atoms with Crippen molar-refractivity contribution in [1.29, 1.82) is 0 Å². The van der Waals surface area contributed by atoms with E-state index in [1.807, 2.05) is 38.1 Å². The first-order chi connectivity index (χ1) is 9.63. The Bertz CT molecular complexity index is 598. The Kier molecular flexibility index (Phi) is 4.79. The van der Waals surface area contributed by atoms with Crippen LogP contribution in [0, 0.1) is 6.92 Å². The van der Waals surface area contributed by atoms with Crippen molar-refractivity contribution in [2.24, 2.45) is 0 Å². The van der Waals surface area contributed by atoms with Crippen LogP contribution in [0.3, 0.4) is 0 Å². The van der Waals surface area contributed by atoms with Gasteiger partial charge >= 0.3 is 0 Å². The number of aromatic nitrogens is 2. The summed E-state index contributed by atoms with van der Waals surface area (Å²) in [6, 6.07) is 7.60. The lowest BCUT2D eigenvalue weighted by Gasteiger charge is -2.14. The van der Waals surface area contributed by atoms with Crippen LogP contribution in [0.15, 0.2) is 24.3 Å². The number of hydrogen-bond donors (Lipinski definition) is 2. The molecule has 0 bridgehead atoms. The third kappa shape index (κ3) is 3.39. The highest BCUT2D eigenvalue weighted by atomic mass is 35.5. The first kappa shape index (κ1) is 14.6. The Labute approximate surface area is 124 Å². The molecule has 0 spiro atoms. The molecule has 0 aliphatic rings. The Balaban J connectivity index is 2.37. The molecule has 0 unspecified atom stereocenters. The third-order valence-corrected chi connectivity index (χ3v) is 3.18. The number of halogens is 1. The van der Waals surface area contributed by atoms with Crippen molar-refractivity contribution in [3.63, 3.8) is 0 Å². The van der Waals surface area contributed by atoms with Gasteiger partial charge in [-0.3, -0.25) is 0 Å². The lowest BCUT2D eigenvalue weighted by atomic mass is 10.2. The molecule has 1 heterocycles. The molecule has 0 radical (unpaired) electrons. The lowest BCUT2D eigenvalue weighted by molar-refractivity contribution is 0.930. The summed E-state index contributed by atoms with van der Waals surface area (Å²) in [5.74, 6) is 2.51. The summed E-state index contributed by atoms with van der Waals surface area (Å²) in [6.45, 7) is 6.93. The number of nitrogens with one attached hydrogen (secondary N) is 2. The van der Waals surface area contributed by atoms with E-state index in [1.165, 1.54) is 0 Å². The quantitative estimate of drug-likeness (QED) is 0.867. The van der Waals surface area contributed by atoms with E-state index in [9.17, 15) is 0 Å². The van der Waals surface area contributed by atoms with Crippen molar-refractivity contribution in [2.75, 3.05) is 17.2 Å². The number of rotatable bonds is 5. The molecule has 20 heavy (non-hydrogen) atoms. The van der Waals surface area contributed by atoms with E-state index in [2.05, 4.69) is 27.5 Å². The maximum absolute atomic E-state index is 6.01. The second-order valence-electron chi connectivity index (χ2n) is 4.48. The number of anilines is 3. The van der Waals surface area contributed by atoms with Gasteiger partial charge in [-0.05, 0) is 32.0 Å². The van der Waals surface area contributed by atoms with E-state index in [4.69, 9.17) is 11.6 Å². The molecule has 0 saturated carbocycles. The topological polar surface area (TPSA) is 49.8 Å². The molecule has 2 aromatic rings. The fourth-order valence-corrected chi connectivity index (χ4v) is 2.08. The smallest absolute Gasteiger partial charge is 0.139 e. The second-order valence-corrected chi connectivity index (χ2v) is 4.92. The van der Waals surface area contributed by atoms with Gasteiger partial charge in [-0.15, -0.1) is 0 Å². The van der Waals surface area contributed by atoms with Crippen LogP contribution < -0.4 is 10.6 Å². The van der Waals surface area contributed by atoms with Gasteiger partial charge in [-0.1, -0.05) is 24.6 Å². The normalized spacial score (nSPS) is 10.4. The van der Waals surface area contributed by atoms with Crippen molar-refractivity contribution < 1.29 is 0 Å². The standard InChI is InChI=1S/C15H19ClN4/c1-4-13-19-14(17-5-2)10(3)15(20-13)18-12-8-6-7-11(16)9-12/h6-9H,4-5H2,1-3H3,(H2,17,18,19,20). The van der Waals surface area contributed by atoms with Crippen LogP contribution in [0.25, 0.3) is 0 Å². The van der Waals surface area contributed by atoms with E-state index >= 15 is 0 Å². The monoisotopic (exact) mass is 290 g/mol. The van der Waals surface area contributed by atoms with Crippen molar-refractivity contribution in [1.82, 2.24) is 9.97 Å². The van der Waals surface area contributed by atoms with Crippen molar-refractivity contribution in [3.8, 4) is 0 Å². The molecule has 5 heteroatoms. The highest BCUT2D eigenvalue weighted by Crippen LogP contribution is 2.25. The molecule has 0 amide bonds. The van der Waals surface area contributed by atoms with Crippen LogP contribution in [0.1, 0.15) is 25.2 Å². The van der Waals surface area contributed by atoms with Crippen LogP contribution in [0.2, 0.25) is 5.02 Å². The van der Waals surface area contributed by atoms with Crippen molar-refractivity contribution >= 4 is 28.9 Å². The van der Waals surface area contributed by atoms with E-state index < -0.39 is 0 Å². The Morgan fingerprint density at radius 2 is 1.90 bits per heavy atom. The molecule has 2 rings (SSSR count). The predicted octanol–water partition coefficient (Wildman–Crippen LogP) is 4.18. The van der Waals surface area contributed by atoms with Gasteiger partial charge in [-0.2, -0.15) is 0 Å². The zero-order valence-electron chi connectivity index (χ0n) is 12.0. The number of benzene rings is 1. The SMILES string of the molecule is CCNc1nc(CC)nc(Nc2cccc(Cl)c2)c1C. The Morgan fingerprint density at radius 1 is 1.15 bits per heavy atom. The van der Waals surface area contributed by atoms with Gasteiger partial charge in [0.15, 0.2) is 0 Å². The Morgan fingerprint density at radius 3 is 2.55 bits per heavy atom. The van der Waals surface area contributed by atoms with Gasteiger partial charge < -0.3 is 10.6 Å². The minimum Gasteiger partial charge on any atom is -0.370 e. The highest BCUT2D eigenvalue weighted by Gasteiger charge is 2.10. The zero-order chi connectivity index (χ0) is 14.5. The maximum atomic E-state index is 6.01. The fourth-order valence-electron chi connectivity index (χ4n) is 1.89. The summed E-state index contributed by atoms with van der Waals surface area (Å²) >= 11 is 6.01. The zero-order valence-corrected chi connectivity index (χ0v) is 12.8. The lowest BCUT2D eigenvalue weighted by Crippen LogP contribution is -2.09. The molecule has 0 fully saturated rings. The first-order valence-corrected chi connectivity index (χ1v) is 7.15. The molecule has 0 saturated heterocycles. The molecule has 1 aromatic carbocycles. The highest BCUT2D eigenvalue weighted by molar-refractivity contribution is 6.30. The van der Waals surface area contributed by atoms with E-state index in [-0.39, 0.29) is 0 Å². The molecule has 0 atom stereocenters. The number of hydrogen-bond acceptors (Lipinski definition) is 4. The number of nitrogens with zero attached hydrogens (tertiary/aromatic N) is 2. The summed E-state index contributed by atoms with van der Waals surface area (Å²) in [5.41, 5.74) is 1.92. The third-order valence-electron chi connectivity index (χ3n) is 2.94. The maximum Gasteiger partial charge on any atom is 0.139 e. The van der Waals surface area contributed by atoms with Gasteiger partial charge in [0.25, 0.3) is 0 Å². The van der Waals surface area contributed by atoms with E-state index in [1.54, 1.807) is 0 Å². The molecule has 2 N–H and O–H groups in total. The molecule has 0 aliphatic carbocycles. The molecule has 4 nitrogen and oxygen atoms in total. The van der Waals surface area contributed by atoms with Gasteiger partial charge in [0.2, 0.25) is 0 Å². The predicted molar refractivity (Wildman–Crippen MR) is 85.0 cm³/mol. The van der Waals surface area contributed by atoms with Gasteiger partial charge in [-0.25, -0.2) is 9.97 Å². The Hall–Kier alpha value is -1.81. The minimum absolute atomic E-state index is 0.698. The molecular formula is C15H19ClN4. The van der Waals surface area contributed by atoms with E-state index in [0.29, 0.717) is 5.02 Å². The minimum atomic E-state index is 0.698.